The van der Waals surface area contributed by atoms with Crippen molar-refractivity contribution in [2.75, 3.05) is 0 Å². The van der Waals surface area contributed by atoms with Gasteiger partial charge in [0.15, 0.2) is 0 Å². The predicted octanol–water partition coefficient (Wildman–Crippen LogP) is 0.282. The van der Waals surface area contributed by atoms with Gasteiger partial charge >= 0.3 is 0 Å². The number of rotatable bonds is 2. The van der Waals surface area contributed by atoms with Crippen LogP contribution in [0.1, 0.15) is 26.7 Å². The Morgan fingerprint density at radius 3 is 2.73 bits per heavy atom. The van der Waals surface area contributed by atoms with E-state index < -0.39 is 6.10 Å². The maximum atomic E-state index is 10.8. The Morgan fingerprint density at radius 1 is 1.73 bits per heavy atom. The van der Waals surface area contributed by atoms with E-state index in [0.717, 1.165) is 6.42 Å². The SMILES string of the molecule is CC(C)C[C@@H]1NC(=O)C[C@@H]1O. The molecule has 0 saturated carbocycles. The molecule has 2 atom stereocenters. The third-order valence-electron chi connectivity index (χ3n) is 1.93. The summed E-state index contributed by atoms with van der Waals surface area (Å²) in [5.41, 5.74) is 0. The van der Waals surface area contributed by atoms with Gasteiger partial charge in [0.2, 0.25) is 5.91 Å². The van der Waals surface area contributed by atoms with Gasteiger partial charge in [-0.05, 0) is 12.3 Å². The molecule has 64 valence electrons. The minimum Gasteiger partial charge on any atom is -0.390 e. The van der Waals surface area contributed by atoms with Gasteiger partial charge in [-0.3, -0.25) is 4.79 Å². The Morgan fingerprint density at radius 2 is 2.36 bits per heavy atom. The van der Waals surface area contributed by atoms with Gasteiger partial charge in [-0.15, -0.1) is 0 Å². The van der Waals surface area contributed by atoms with E-state index in [2.05, 4.69) is 19.2 Å². The lowest BCUT2D eigenvalue weighted by Gasteiger charge is -2.15. The summed E-state index contributed by atoms with van der Waals surface area (Å²) in [6.07, 6.45) is 0.675. The lowest BCUT2D eigenvalue weighted by atomic mass is 10.0. The summed E-state index contributed by atoms with van der Waals surface area (Å²) in [6, 6.07) is -0.0116. The average molecular weight is 157 g/mol. The Bertz CT molecular complexity index is 156. The molecule has 0 radical (unpaired) electrons. The van der Waals surface area contributed by atoms with Crippen LogP contribution in [-0.4, -0.2) is 23.2 Å². The zero-order chi connectivity index (χ0) is 8.43. The van der Waals surface area contributed by atoms with Crippen molar-refractivity contribution >= 4 is 5.91 Å². The summed E-state index contributed by atoms with van der Waals surface area (Å²) < 4.78 is 0. The first-order valence-electron chi connectivity index (χ1n) is 4.07. The van der Waals surface area contributed by atoms with Gasteiger partial charge < -0.3 is 10.4 Å². The third kappa shape index (κ3) is 2.19. The summed E-state index contributed by atoms with van der Waals surface area (Å²) in [4.78, 5) is 10.8. The largest absolute Gasteiger partial charge is 0.390 e. The van der Waals surface area contributed by atoms with Crippen molar-refractivity contribution < 1.29 is 9.90 Å². The molecule has 1 aliphatic heterocycles. The zero-order valence-corrected chi connectivity index (χ0v) is 7.00. The van der Waals surface area contributed by atoms with Crippen LogP contribution in [0, 0.1) is 5.92 Å². The lowest BCUT2D eigenvalue weighted by Crippen LogP contribution is -2.32. The summed E-state index contributed by atoms with van der Waals surface area (Å²) in [6.45, 7) is 4.16. The average Bonchev–Trinajstić information content (AvgIpc) is 2.09. The monoisotopic (exact) mass is 157 g/mol. The van der Waals surface area contributed by atoms with Crippen LogP contribution < -0.4 is 5.32 Å². The van der Waals surface area contributed by atoms with Gasteiger partial charge in [-0.2, -0.15) is 0 Å². The van der Waals surface area contributed by atoms with Crippen molar-refractivity contribution in [3.8, 4) is 0 Å². The van der Waals surface area contributed by atoms with Crippen LogP contribution in [-0.2, 0) is 4.79 Å². The van der Waals surface area contributed by atoms with E-state index in [1.54, 1.807) is 0 Å². The first-order chi connectivity index (χ1) is 5.09. The fourth-order valence-corrected chi connectivity index (χ4v) is 1.42. The van der Waals surface area contributed by atoms with Crippen molar-refractivity contribution in [1.29, 1.82) is 0 Å². The smallest absolute Gasteiger partial charge is 0.222 e. The van der Waals surface area contributed by atoms with Crippen LogP contribution in [0.3, 0.4) is 0 Å². The highest BCUT2D eigenvalue weighted by Crippen LogP contribution is 2.15. The molecule has 1 aliphatic rings. The Hall–Kier alpha value is -0.570. The predicted molar refractivity (Wildman–Crippen MR) is 42.0 cm³/mol. The van der Waals surface area contributed by atoms with Gasteiger partial charge in [0.05, 0.1) is 18.6 Å². The highest BCUT2D eigenvalue weighted by Gasteiger charge is 2.30. The van der Waals surface area contributed by atoms with Gasteiger partial charge in [0.1, 0.15) is 0 Å². The molecule has 1 saturated heterocycles. The van der Waals surface area contributed by atoms with Gasteiger partial charge in [-0.1, -0.05) is 13.8 Å². The van der Waals surface area contributed by atoms with E-state index in [-0.39, 0.29) is 18.4 Å². The van der Waals surface area contributed by atoms with Gasteiger partial charge in [0, 0.05) is 0 Å². The molecule has 1 fully saturated rings. The molecule has 1 amide bonds. The summed E-state index contributed by atoms with van der Waals surface area (Å²) in [7, 11) is 0. The van der Waals surface area contributed by atoms with Crippen molar-refractivity contribution in [2.24, 2.45) is 5.92 Å². The van der Waals surface area contributed by atoms with E-state index >= 15 is 0 Å². The zero-order valence-electron chi connectivity index (χ0n) is 7.00. The summed E-state index contributed by atoms with van der Waals surface area (Å²) >= 11 is 0. The topological polar surface area (TPSA) is 49.3 Å². The maximum absolute atomic E-state index is 10.8. The number of hydrogen-bond donors (Lipinski definition) is 2. The molecule has 11 heavy (non-hydrogen) atoms. The molecule has 1 rings (SSSR count). The molecule has 0 aromatic carbocycles. The molecule has 0 bridgehead atoms. The molecule has 0 aromatic rings. The van der Waals surface area contributed by atoms with E-state index in [4.69, 9.17) is 0 Å². The van der Waals surface area contributed by atoms with E-state index in [0.29, 0.717) is 5.92 Å². The molecular weight excluding hydrogens is 142 g/mol. The molecule has 3 heteroatoms. The van der Waals surface area contributed by atoms with E-state index in [1.165, 1.54) is 0 Å². The molecule has 2 N–H and O–H groups in total. The molecule has 3 nitrogen and oxygen atoms in total. The van der Waals surface area contributed by atoms with Crippen molar-refractivity contribution in [3.63, 3.8) is 0 Å². The van der Waals surface area contributed by atoms with Crippen LogP contribution in [0.5, 0.6) is 0 Å². The van der Waals surface area contributed by atoms with E-state index in [1.807, 2.05) is 0 Å². The van der Waals surface area contributed by atoms with Crippen LogP contribution in [0.25, 0.3) is 0 Å². The minimum absolute atomic E-state index is 0.0116. The first-order valence-corrected chi connectivity index (χ1v) is 4.07. The van der Waals surface area contributed by atoms with Crippen LogP contribution in [0.4, 0.5) is 0 Å². The second-order valence-corrected chi connectivity index (χ2v) is 3.58. The number of aliphatic hydroxyl groups excluding tert-OH is 1. The molecule has 0 aliphatic carbocycles. The summed E-state index contributed by atoms with van der Waals surface area (Å²) in [5.74, 6) is 0.496. The molecule has 0 spiro atoms. The first kappa shape index (κ1) is 8.53. The lowest BCUT2D eigenvalue weighted by molar-refractivity contribution is -0.119. The quantitative estimate of drug-likeness (QED) is 0.605. The molecule has 1 heterocycles. The second kappa shape index (κ2) is 3.22. The van der Waals surface area contributed by atoms with Crippen LogP contribution in [0.15, 0.2) is 0 Å². The number of amides is 1. The standard InChI is InChI=1S/C8H15NO2/c1-5(2)3-6-7(10)4-8(11)9-6/h5-7,10H,3-4H2,1-2H3,(H,9,11)/t6-,7-/m0/s1. The van der Waals surface area contributed by atoms with Gasteiger partial charge in [-0.25, -0.2) is 0 Å². The Kier molecular flexibility index (Phi) is 2.49. The fourth-order valence-electron chi connectivity index (χ4n) is 1.42. The van der Waals surface area contributed by atoms with Crippen molar-refractivity contribution in [2.45, 2.75) is 38.8 Å². The highest BCUT2D eigenvalue weighted by atomic mass is 16.3. The third-order valence-corrected chi connectivity index (χ3v) is 1.93. The molecular formula is C8H15NO2. The second-order valence-electron chi connectivity index (χ2n) is 3.58. The Labute approximate surface area is 66.8 Å². The summed E-state index contributed by atoms with van der Waals surface area (Å²) in [5, 5.41) is 12.1. The van der Waals surface area contributed by atoms with Crippen molar-refractivity contribution in [3.05, 3.63) is 0 Å². The molecule has 0 aromatic heterocycles. The fraction of sp³-hybridized carbons (Fsp3) is 0.875. The maximum Gasteiger partial charge on any atom is 0.222 e. The molecule has 0 unspecified atom stereocenters. The highest BCUT2D eigenvalue weighted by molar-refractivity contribution is 5.79. The number of aliphatic hydroxyl groups is 1. The number of hydrogen-bond acceptors (Lipinski definition) is 2. The van der Waals surface area contributed by atoms with Crippen LogP contribution >= 0.6 is 0 Å². The Balaban J connectivity index is 2.40. The van der Waals surface area contributed by atoms with Gasteiger partial charge in [0.25, 0.3) is 0 Å². The van der Waals surface area contributed by atoms with E-state index in [9.17, 15) is 9.90 Å². The minimum atomic E-state index is -0.468. The normalized spacial score (nSPS) is 31.1. The number of nitrogens with one attached hydrogen (secondary N) is 1. The van der Waals surface area contributed by atoms with Crippen molar-refractivity contribution in [1.82, 2.24) is 5.32 Å². The van der Waals surface area contributed by atoms with Crippen LogP contribution in [0.2, 0.25) is 0 Å². The number of carbonyl (C=O) groups excluding carboxylic acids is 1. The number of carbonyl (C=O) groups is 1.